The summed E-state index contributed by atoms with van der Waals surface area (Å²) in [5.41, 5.74) is 0. The van der Waals surface area contributed by atoms with E-state index in [1.165, 1.54) is 0 Å². The fourth-order valence-corrected chi connectivity index (χ4v) is 2.84. The van der Waals surface area contributed by atoms with E-state index < -0.39 is 0 Å². The summed E-state index contributed by atoms with van der Waals surface area (Å²) in [6, 6.07) is 4.26. The monoisotopic (exact) mass is 295 g/mol. The molecular weight excluding hydrogens is 270 g/mol. The lowest BCUT2D eigenvalue weighted by Crippen LogP contribution is -2.27. The van der Waals surface area contributed by atoms with Gasteiger partial charge in [-0.3, -0.25) is 0 Å². The van der Waals surface area contributed by atoms with E-state index >= 15 is 0 Å². The number of hydrogen-bond acceptors (Lipinski definition) is 5. The number of hydrogen-bond donors (Lipinski definition) is 1. The Morgan fingerprint density at radius 2 is 1.71 bits per heavy atom. The zero-order chi connectivity index (χ0) is 15.2. The fourth-order valence-electron chi connectivity index (χ4n) is 2.84. The largest absolute Gasteiger partial charge is 0.493 e. The Morgan fingerprint density at radius 1 is 1.05 bits per heavy atom. The molecule has 0 bridgehead atoms. The second-order valence-electron chi connectivity index (χ2n) is 5.17. The highest BCUT2D eigenvalue weighted by Gasteiger charge is 2.26. The maximum atomic E-state index is 6.08. The summed E-state index contributed by atoms with van der Waals surface area (Å²) >= 11 is 0. The van der Waals surface area contributed by atoms with Gasteiger partial charge in [-0.1, -0.05) is 6.92 Å². The molecule has 118 valence electrons. The molecule has 0 heterocycles. The average Bonchev–Trinajstić information content (AvgIpc) is 2.93. The molecular formula is C16H25NO4. The summed E-state index contributed by atoms with van der Waals surface area (Å²) in [7, 11) is 4.81. The Kier molecular flexibility index (Phi) is 5.56. The minimum absolute atomic E-state index is 0.233. The lowest BCUT2D eigenvalue weighted by molar-refractivity contribution is 0.203. The predicted molar refractivity (Wildman–Crippen MR) is 81.8 cm³/mol. The zero-order valence-corrected chi connectivity index (χ0v) is 13.3. The van der Waals surface area contributed by atoms with Gasteiger partial charge >= 0.3 is 0 Å². The Morgan fingerprint density at radius 3 is 2.24 bits per heavy atom. The van der Waals surface area contributed by atoms with E-state index in [1.807, 2.05) is 12.1 Å². The third kappa shape index (κ3) is 3.73. The van der Waals surface area contributed by atoms with Crippen LogP contribution in [0.25, 0.3) is 0 Å². The highest BCUT2D eigenvalue weighted by molar-refractivity contribution is 5.55. The number of methoxy groups -OCH3 is 3. The van der Waals surface area contributed by atoms with Crippen molar-refractivity contribution in [2.75, 3.05) is 27.9 Å². The zero-order valence-electron chi connectivity index (χ0n) is 13.3. The van der Waals surface area contributed by atoms with Crippen molar-refractivity contribution in [3.05, 3.63) is 12.1 Å². The van der Waals surface area contributed by atoms with E-state index in [2.05, 4.69) is 12.2 Å². The van der Waals surface area contributed by atoms with Crippen molar-refractivity contribution >= 4 is 0 Å². The molecule has 0 saturated heterocycles. The van der Waals surface area contributed by atoms with E-state index in [9.17, 15) is 0 Å². The first kappa shape index (κ1) is 15.8. The van der Waals surface area contributed by atoms with Crippen LogP contribution in [0.2, 0.25) is 0 Å². The number of rotatable bonds is 7. The normalized spacial score (nSPS) is 21.1. The van der Waals surface area contributed by atoms with Crippen LogP contribution in [0.3, 0.4) is 0 Å². The molecule has 0 aromatic heterocycles. The van der Waals surface area contributed by atoms with Gasteiger partial charge < -0.3 is 24.3 Å². The molecule has 1 aliphatic rings. The van der Waals surface area contributed by atoms with E-state index in [1.54, 1.807) is 21.3 Å². The van der Waals surface area contributed by atoms with Gasteiger partial charge in [-0.25, -0.2) is 0 Å². The maximum Gasteiger partial charge on any atom is 0.203 e. The van der Waals surface area contributed by atoms with Gasteiger partial charge in [0.2, 0.25) is 5.75 Å². The van der Waals surface area contributed by atoms with E-state index in [0.717, 1.165) is 31.6 Å². The summed E-state index contributed by atoms with van der Waals surface area (Å²) in [5.74, 6) is 2.58. The van der Waals surface area contributed by atoms with Crippen LogP contribution in [-0.2, 0) is 0 Å². The highest BCUT2D eigenvalue weighted by atomic mass is 16.5. The summed E-state index contributed by atoms with van der Waals surface area (Å²) in [6.45, 7) is 3.13. The van der Waals surface area contributed by atoms with Crippen LogP contribution in [-0.4, -0.2) is 40.0 Å². The van der Waals surface area contributed by atoms with Crippen molar-refractivity contribution in [3.63, 3.8) is 0 Å². The lowest BCUT2D eigenvalue weighted by atomic mass is 10.2. The topological polar surface area (TPSA) is 49.0 Å². The second kappa shape index (κ2) is 7.41. The molecule has 0 amide bonds. The first-order valence-corrected chi connectivity index (χ1v) is 7.41. The van der Waals surface area contributed by atoms with Crippen molar-refractivity contribution in [3.8, 4) is 23.0 Å². The number of benzene rings is 1. The van der Waals surface area contributed by atoms with Crippen molar-refractivity contribution in [2.45, 2.75) is 38.3 Å². The number of nitrogens with one attached hydrogen (secondary N) is 1. The van der Waals surface area contributed by atoms with Gasteiger partial charge in [0.1, 0.15) is 11.9 Å². The fraction of sp³-hybridized carbons (Fsp3) is 0.625. The third-order valence-corrected chi connectivity index (χ3v) is 3.82. The Bertz CT molecular complexity index is 439. The second-order valence-corrected chi connectivity index (χ2v) is 5.17. The molecule has 5 nitrogen and oxygen atoms in total. The predicted octanol–water partition coefficient (Wildman–Crippen LogP) is 2.62. The Labute approximate surface area is 126 Å². The SMILES string of the molecule is CCNC1CCC(Oc2cc(OC)c(OC)c(OC)c2)C1. The van der Waals surface area contributed by atoms with Gasteiger partial charge in [0, 0.05) is 18.2 Å². The maximum absolute atomic E-state index is 6.08. The molecule has 0 aliphatic heterocycles. The number of ether oxygens (including phenoxy) is 4. The molecule has 2 rings (SSSR count). The molecule has 2 atom stereocenters. The molecule has 21 heavy (non-hydrogen) atoms. The standard InChI is InChI=1S/C16H25NO4/c1-5-17-11-6-7-12(8-11)21-13-9-14(18-2)16(20-4)15(10-13)19-3/h9-12,17H,5-8H2,1-4H3. The molecule has 1 aromatic carbocycles. The first-order valence-electron chi connectivity index (χ1n) is 7.41. The molecule has 1 aliphatic carbocycles. The van der Waals surface area contributed by atoms with Crippen LogP contribution >= 0.6 is 0 Å². The molecule has 1 aromatic rings. The van der Waals surface area contributed by atoms with E-state index in [4.69, 9.17) is 18.9 Å². The first-order chi connectivity index (χ1) is 10.2. The van der Waals surface area contributed by atoms with Crippen LogP contribution in [0.15, 0.2) is 12.1 Å². The van der Waals surface area contributed by atoms with Gasteiger partial charge in [-0.05, 0) is 25.8 Å². The van der Waals surface area contributed by atoms with Crippen LogP contribution < -0.4 is 24.3 Å². The van der Waals surface area contributed by atoms with Gasteiger partial charge in [0.05, 0.1) is 21.3 Å². The summed E-state index contributed by atoms with van der Waals surface area (Å²) in [5, 5.41) is 3.47. The molecule has 5 heteroatoms. The van der Waals surface area contributed by atoms with Gasteiger partial charge in [0.15, 0.2) is 11.5 Å². The third-order valence-electron chi connectivity index (χ3n) is 3.82. The van der Waals surface area contributed by atoms with Crippen LogP contribution in [0.1, 0.15) is 26.2 Å². The molecule has 0 radical (unpaired) electrons. The summed E-state index contributed by atoms with van der Waals surface area (Å²) < 4.78 is 22.1. The van der Waals surface area contributed by atoms with Crippen LogP contribution in [0.5, 0.6) is 23.0 Å². The summed E-state index contributed by atoms with van der Waals surface area (Å²) in [6.07, 6.45) is 3.48. The molecule has 0 spiro atoms. The summed E-state index contributed by atoms with van der Waals surface area (Å²) in [4.78, 5) is 0. The van der Waals surface area contributed by atoms with Gasteiger partial charge in [-0.15, -0.1) is 0 Å². The van der Waals surface area contributed by atoms with Crippen molar-refractivity contribution in [1.82, 2.24) is 5.32 Å². The van der Waals surface area contributed by atoms with Crippen LogP contribution in [0.4, 0.5) is 0 Å². The highest BCUT2D eigenvalue weighted by Crippen LogP contribution is 2.41. The smallest absolute Gasteiger partial charge is 0.203 e. The minimum atomic E-state index is 0.233. The molecule has 2 unspecified atom stereocenters. The molecule has 1 N–H and O–H groups in total. The molecule has 1 fully saturated rings. The van der Waals surface area contributed by atoms with Gasteiger partial charge in [-0.2, -0.15) is 0 Å². The van der Waals surface area contributed by atoms with Crippen molar-refractivity contribution < 1.29 is 18.9 Å². The van der Waals surface area contributed by atoms with E-state index in [0.29, 0.717) is 23.3 Å². The van der Waals surface area contributed by atoms with Crippen LogP contribution in [0, 0.1) is 0 Å². The van der Waals surface area contributed by atoms with Crippen molar-refractivity contribution in [2.24, 2.45) is 0 Å². The Balaban J connectivity index is 2.10. The Hall–Kier alpha value is -1.62. The molecule has 1 saturated carbocycles. The quantitative estimate of drug-likeness (QED) is 0.838. The lowest BCUT2D eigenvalue weighted by Gasteiger charge is -2.18. The minimum Gasteiger partial charge on any atom is -0.493 e. The van der Waals surface area contributed by atoms with Gasteiger partial charge in [0.25, 0.3) is 0 Å². The van der Waals surface area contributed by atoms with E-state index in [-0.39, 0.29) is 6.10 Å². The average molecular weight is 295 g/mol. The van der Waals surface area contributed by atoms with Crippen molar-refractivity contribution in [1.29, 1.82) is 0 Å².